The molecule has 0 fully saturated rings. The Morgan fingerprint density at radius 2 is 2.00 bits per heavy atom. The van der Waals surface area contributed by atoms with Crippen molar-refractivity contribution in [1.29, 1.82) is 0 Å². The van der Waals surface area contributed by atoms with E-state index in [4.69, 9.17) is 4.74 Å². The Kier molecular flexibility index (Phi) is 6.84. The van der Waals surface area contributed by atoms with Gasteiger partial charge in [-0.2, -0.15) is 8.78 Å². The Balaban J connectivity index is 2.69. The zero-order valence-corrected chi connectivity index (χ0v) is 12.7. The van der Waals surface area contributed by atoms with E-state index in [1.807, 2.05) is 6.92 Å². The Morgan fingerprint density at radius 3 is 2.57 bits per heavy atom. The van der Waals surface area contributed by atoms with E-state index in [-0.39, 0.29) is 5.75 Å². The standard InChI is InChI=1S/C15H23F2NO3/c1-4-15(3,19)10-18-9-11-6-7-12(21-14(16)17)13(8-11)20-5-2/h6-8,14,18-19H,4-5,9-10H2,1-3H3. The highest BCUT2D eigenvalue weighted by atomic mass is 19.3. The minimum absolute atomic E-state index is 0.0242. The van der Waals surface area contributed by atoms with Gasteiger partial charge in [-0.15, -0.1) is 0 Å². The topological polar surface area (TPSA) is 50.7 Å². The van der Waals surface area contributed by atoms with Crippen molar-refractivity contribution in [2.24, 2.45) is 0 Å². The molecule has 0 aliphatic carbocycles. The molecule has 4 nitrogen and oxygen atoms in total. The Morgan fingerprint density at radius 1 is 1.29 bits per heavy atom. The van der Waals surface area contributed by atoms with E-state index in [1.165, 1.54) is 6.07 Å². The minimum Gasteiger partial charge on any atom is -0.490 e. The summed E-state index contributed by atoms with van der Waals surface area (Å²) < 4.78 is 34.3. The van der Waals surface area contributed by atoms with Crippen LogP contribution in [0, 0.1) is 0 Å². The maximum atomic E-state index is 12.3. The molecule has 0 spiro atoms. The fourth-order valence-electron chi connectivity index (χ4n) is 1.73. The van der Waals surface area contributed by atoms with Crippen molar-refractivity contribution in [3.05, 3.63) is 23.8 Å². The van der Waals surface area contributed by atoms with E-state index < -0.39 is 12.2 Å². The van der Waals surface area contributed by atoms with Crippen LogP contribution in [0.25, 0.3) is 0 Å². The molecule has 0 aromatic heterocycles. The second-order valence-corrected chi connectivity index (χ2v) is 5.05. The van der Waals surface area contributed by atoms with Crippen LogP contribution in [0.3, 0.4) is 0 Å². The van der Waals surface area contributed by atoms with Gasteiger partial charge < -0.3 is 19.9 Å². The summed E-state index contributed by atoms with van der Waals surface area (Å²) in [4.78, 5) is 0. The molecule has 0 heterocycles. The van der Waals surface area contributed by atoms with Crippen molar-refractivity contribution >= 4 is 0 Å². The van der Waals surface area contributed by atoms with Crippen LogP contribution in [0.1, 0.15) is 32.8 Å². The van der Waals surface area contributed by atoms with Crippen molar-refractivity contribution in [2.45, 2.75) is 45.9 Å². The average molecular weight is 303 g/mol. The summed E-state index contributed by atoms with van der Waals surface area (Å²) in [7, 11) is 0. The van der Waals surface area contributed by atoms with E-state index >= 15 is 0 Å². The summed E-state index contributed by atoms with van der Waals surface area (Å²) in [5, 5.41) is 13.0. The molecular formula is C15H23F2NO3. The molecule has 2 N–H and O–H groups in total. The lowest BCUT2D eigenvalue weighted by atomic mass is 10.0. The van der Waals surface area contributed by atoms with Gasteiger partial charge in [0.2, 0.25) is 0 Å². The van der Waals surface area contributed by atoms with Crippen molar-refractivity contribution in [3.63, 3.8) is 0 Å². The summed E-state index contributed by atoms with van der Waals surface area (Å²) in [6.07, 6.45) is 0.644. The van der Waals surface area contributed by atoms with Crippen LogP contribution >= 0.6 is 0 Å². The molecule has 0 aliphatic rings. The van der Waals surface area contributed by atoms with Gasteiger partial charge in [0.25, 0.3) is 0 Å². The van der Waals surface area contributed by atoms with Gasteiger partial charge >= 0.3 is 6.61 Å². The van der Waals surface area contributed by atoms with Crippen LogP contribution in [0.2, 0.25) is 0 Å². The fraction of sp³-hybridized carbons (Fsp3) is 0.600. The van der Waals surface area contributed by atoms with E-state index in [1.54, 1.807) is 26.0 Å². The summed E-state index contributed by atoms with van der Waals surface area (Å²) in [6.45, 7) is 3.87. The number of alkyl halides is 2. The quantitative estimate of drug-likeness (QED) is 0.736. The number of rotatable bonds is 9. The van der Waals surface area contributed by atoms with Crippen LogP contribution in [-0.2, 0) is 6.54 Å². The van der Waals surface area contributed by atoms with Gasteiger partial charge in [0.1, 0.15) is 0 Å². The first-order valence-electron chi connectivity index (χ1n) is 7.01. The third-order valence-electron chi connectivity index (χ3n) is 3.12. The minimum atomic E-state index is -2.88. The van der Waals surface area contributed by atoms with Crippen molar-refractivity contribution in [1.82, 2.24) is 5.32 Å². The largest absolute Gasteiger partial charge is 0.490 e. The van der Waals surface area contributed by atoms with Gasteiger partial charge in [0, 0.05) is 13.1 Å². The average Bonchev–Trinajstić information content (AvgIpc) is 2.41. The van der Waals surface area contributed by atoms with Gasteiger partial charge in [-0.1, -0.05) is 13.0 Å². The first-order valence-corrected chi connectivity index (χ1v) is 7.01. The highest BCUT2D eigenvalue weighted by molar-refractivity contribution is 5.43. The summed E-state index contributed by atoms with van der Waals surface area (Å²) >= 11 is 0. The lowest BCUT2D eigenvalue weighted by molar-refractivity contribution is -0.0514. The lowest BCUT2D eigenvalue weighted by Gasteiger charge is -2.21. The fourth-order valence-corrected chi connectivity index (χ4v) is 1.73. The summed E-state index contributed by atoms with van der Waals surface area (Å²) in [5.74, 6) is 0.315. The van der Waals surface area contributed by atoms with Gasteiger partial charge in [0.15, 0.2) is 11.5 Å². The molecule has 1 unspecified atom stereocenters. The van der Waals surface area contributed by atoms with E-state index in [2.05, 4.69) is 10.1 Å². The predicted molar refractivity (Wildman–Crippen MR) is 76.9 cm³/mol. The predicted octanol–water partition coefficient (Wildman–Crippen LogP) is 2.94. The smallest absolute Gasteiger partial charge is 0.387 e. The molecule has 6 heteroatoms. The van der Waals surface area contributed by atoms with E-state index in [0.717, 1.165) is 5.56 Å². The highest BCUT2D eigenvalue weighted by Crippen LogP contribution is 2.29. The molecule has 0 aliphatic heterocycles. The molecule has 0 radical (unpaired) electrons. The lowest BCUT2D eigenvalue weighted by Crippen LogP contribution is -2.36. The Bertz CT molecular complexity index is 439. The van der Waals surface area contributed by atoms with Crippen molar-refractivity contribution in [2.75, 3.05) is 13.2 Å². The van der Waals surface area contributed by atoms with E-state index in [9.17, 15) is 13.9 Å². The first-order chi connectivity index (χ1) is 9.88. The second-order valence-electron chi connectivity index (χ2n) is 5.05. The van der Waals surface area contributed by atoms with Gasteiger partial charge in [-0.05, 0) is 38.0 Å². The van der Waals surface area contributed by atoms with Crippen LogP contribution in [0.5, 0.6) is 11.5 Å². The molecule has 0 bridgehead atoms. The summed E-state index contributed by atoms with van der Waals surface area (Å²) in [6, 6.07) is 4.81. The highest BCUT2D eigenvalue weighted by Gasteiger charge is 2.16. The van der Waals surface area contributed by atoms with E-state index in [0.29, 0.717) is 31.9 Å². The van der Waals surface area contributed by atoms with Crippen LogP contribution in [0.15, 0.2) is 18.2 Å². The molecule has 120 valence electrons. The normalized spacial score (nSPS) is 14.0. The third-order valence-corrected chi connectivity index (χ3v) is 3.12. The maximum Gasteiger partial charge on any atom is 0.387 e. The molecule has 1 atom stereocenters. The molecule has 1 rings (SSSR count). The summed E-state index contributed by atoms with van der Waals surface area (Å²) in [5.41, 5.74) is 0.105. The number of halogens is 2. The molecule has 0 saturated carbocycles. The molecular weight excluding hydrogens is 280 g/mol. The molecule has 0 amide bonds. The van der Waals surface area contributed by atoms with Crippen molar-refractivity contribution in [3.8, 4) is 11.5 Å². The van der Waals surface area contributed by atoms with Crippen molar-refractivity contribution < 1.29 is 23.4 Å². The van der Waals surface area contributed by atoms with Crippen LogP contribution in [0.4, 0.5) is 8.78 Å². The number of aliphatic hydroxyl groups is 1. The second kappa shape index (κ2) is 8.14. The molecule has 1 aromatic rings. The maximum absolute atomic E-state index is 12.3. The van der Waals surface area contributed by atoms with Gasteiger partial charge in [-0.25, -0.2) is 0 Å². The Labute approximate surface area is 124 Å². The number of hydrogen-bond donors (Lipinski definition) is 2. The van der Waals surface area contributed by atoms with Crippen LogP contribution < -0.4 is 14.8 Å². The molecule has 0 saturated heterocycles. The number of benzene rings is 1. The monoisotopic (exact) mass is 303 g/mol. The Hall–Kier alpha value is -1.40. The number of hydrogen-bond acceptors (Lipinski definition) is 4. The molecule has 21 heavy (non-hydrogen) atoms. The third kappa shape index (κ3) is 6.27. The molecule has 1 aromatic carbocycles. The number of nitrogens with one attached hydrogen (secondary N) is 1. The number of ether oxygens (including phenoxy) is 2. The SMILES string of the molecule is CCOc1cc(CNCC(C)(O)CC)ccc1OC(F)F. The zero-order valence-electron chi connectivity index (χ0n) is 12.7. The first kappa shape index (κ1) is 17.7. The van der Waals surface area contributed by atoms with Crippen LogP contribution in [-0.4, -0.2) is 30.5 Å². The zero-order chi connectivity index (χ0) is 15.9. The van der Waals surface area contributed by atoms with Gasteiger partial charge in [0.05, 0.1) is 12.2 Å². The van der Waals surface area contributed by atoms with Gasteiger partial charge in [-0.3, -0.25) is 0 Å².